The minimum Gasteiger partial charge on any atom is -0.445 e. The van der Waals surface area contributed by atoms with Crippen molar-refractivity contribution in [3.63, 3.8) is 0 Å². The first-order valence-electron chi connectivity index (χ1n) is 8.05. The number of fused-ring (bicyclic) bond motifs is 1. The lowest BCUT2D eigenvalue weighted by molar-refractivity contribution is 0.343. The van der Waals surface area contributed by atoms with Crippen LogP contribution < -0.4 is 4.90 Å². The van der Waals surface area contributed by atoms with E-state index in [0.717, 1.165) is 36.0 Å². The molecule has 6 heteroatoms. The zero-order chi connectivity index (χ0) is 17.4. The highest BCUT2D eigenvalue weighted by Crippen LogP contribution is 2.34. The second-order valence-electron chi connectivity index (χ2n) is 6.20. The lowest BCUT2D eigenvalue weighted by Crippen LogP contribution is -2.26. The van der Waals surface area contributed by atoms with Gasteiger partial charge < -0.3 is 14.2 Å². The lowest BCUT2D eigenvalue weighted by Gasteiger charge is -2.25. The molecule has 0 spiro atoms. The summed E-state index contributed by atoms with van der Waals surface area (Å²) >= 11 is 0. The van der Waals surface area contributed by atoms with Crippen LogP contribution in [0.1, 0.15) is 5.56 Å². The maximum absolute atomic E-state index is 13.7. The number of aromatic nitrogens is 1. The molecule has 0 saturated carbocycles. The predicted molar refractivity (Wildman–Crippen MR) is 91.6 cm³/mol. The fourth-order valence-electron chi connectivity index (χ4n) is 3.20. The van der Waals surface area contributed by atoms with E-state index in [1.54, 1.807) is 6.20 Å². The molecule has 4 nitrogen and oxygen atoms in total. The van der Waals surface area contributed by atoms with Crippen molar-refractivity contribution in [2.45, 2.75) is 6.54 Å². The standard InChI is InChI=1S/C19H17F2N3O/c1-23-5-6-24(17-10-15(20)9-16(21)11-17)18-3-2-13(8-14(18)12-23)19-22-4-7-25-19/h2-4,7-11H,5-6,12H2,1H3. The molecule has 0 radical (unpaired) electrons. The molecule has 0 saturated heterocycles. The Morgan fingerprint density at radius 1 is 1.04 bits per heavy atom. The van der Waals surface area contributed by atoms with Gasteiger partial charge >= 0.3 is 0 Å². The highest BCUT2D eigenvalue weighted by Gasteiger charge is 2.21. The first kappa shape index (κ1) is 15.8. The first-order chi connectivity index (χ1) is 12.1. The number of rotatable bonds is 2. The SMILES string of the molecule is CN1CCN(c2cc(F)cc(F)c2)c2ccc(-c3ncco3)cc2C1. The average molecular weight is 341 g/mol. The average Bonchev–Trinajstić information content (AvgIpc) is 3.04. The Morgan fingerprint density at radius 2 is 1.84 bits per heavy atom. The number of hydrogen-bond donors (Lipinski definition) is 0. The van der Waals surface area contributed by atoms with Crippen LogP contribution in [-0.2, 0) is 6.54 Å². The van der Waals surface area contributed by atoms with E-state index in [2.05, 4.69) is 9.88 Å². The van der Waals surface area contributed by atoms with Crippen molar-refractivity contribution in [3.05, 3.63) is 66.1 Å². The molecule has 2 heterocycles. The molecule has 1 aromatic heterocycles. The van der Waals surface area contributed by atoms with E-state index < -0.39 is 11.6 Å². The van der Waals surface area contributed by atoms with Gasteiger partial charge in [0.25, 0.3) is 0 Å². The summed E-state index contributed by atoms with van der Waals surface area (Å²) in [4.78, 5) is 8.31. The Bertz CT molecular complexity index is 875. The van der Waals surface area contributed by atoms with Gasteiger partial charge in [-0.15, -0.1) is 0 Å². The van der Waals surface area contributed by atoms with Gasteiger partial charge in [0.05, 0.1) is 6.20 Å². The number of oxazole rings is 1. The molecule has 1 aliphatic rings. The van der Waals surface area contributed by atoms with Crippen LogP contribution >= 0.6 is 0 Å². The normalized spacial score (nSPS) is 15.1. The van der Waals surface area contributed by atoms with Gasteiger partial charge in [0, 0.05) is 42.6 Å². The summed E-state index contributed by atoms with van der Waals surface area (Å²) < 4.78 is 32.8. The Hall–Kier alpha value is -2.73. The fourth-order valence-corrected chi connectivity index (χ4v) is 3.20. The second kappa shape index (κ2) is 6.29. The summed E-state index contributed by atoms with van der Waals surface area (Å²) in [5, 5.41) is 0. The highest BCUT2D eigenvalue weighted by atomic mass is 19.1. The van der Waals surface area contributed by atoms with Crippen molar-refractivity contribution >= 4 is 11.4 Å². The van der Waals surface area contributed by atoms with Crippen LogP contribution in [0.4, 0.5) is 20.2 Å². The molecule has 0 unspecified atom stereocenters. The summed E-state index contributed by atoms with van der Waals surface area (Å²) in [6, 6.07) is 9.50. The summed E-state index contributed by atoms with van der Waals surface area (Å²) in [7, 11) is 2.03. The highest BCUT2D eigenvalue weighted by molar-refractivity contribution is 5.71. The second-order valence-corrected chi connectivity index (χ2v) is 6.20. The number of nitrogens with zero attached hydrogens (tertiary/aromatic N) is 3. The smallest absolute Gasteiger partial charge is 0.225 e. The number of likely N-dealkylation sites (N-methyl/N-ethyl adjacent to an activating group) is 1. The Balaban J connectivity index is 1.81. The Labute approximate surface area is 144 Å². The number of anilines is 2. The maximum atomic E-state index is 13.7. The molecular weight excluding hydrogens is 324 g/mol. The Morgan fingerprint density at radius 3 is 2.56 bits per heavy atom. The van der Waals surface area contributed by atoms with Crippen LogP contribution in [0.2, 0.25) is 0 Å². The van der Waals surface area contributed by atoms with Crippen LogP contribution in [-0.4, -0.2) is 30.0 Å². The van der Waals surface area contributed by atoms with Crippen molar-refractivity contribution in [2.75, 3.05) is 25.0 Å². The number of halogens is 2. The molecule has 1 aliphatic heterocycles. The summed E-state index contributed by atoms with van der Waals surface area (Å²) in [6.45, 7) is 2.16. The minimum absolute atomic E-state index is 0.512. The number of hydrogen-bond acceptors (Lipinski definition) is 4. The monoisotopic (exact) mass is 341 g/mol. The minimum atomic E-state index is -0.578. The fraction of sp³-hybridized carbons (Fsp3) is 0.211. The topological polar surface area (TPSA) is 32.5 Å². The van der Waals surface area contributed by atoms with Gasteiger partial charge in [-0.25, -0.2) is 13.8 Å². The molecule has 0 atom stereocenters. The van der Waals surface area contributed by atoms with Crippen LogP contribution in [0.3, 0.4) is 0 Å². The van der Waals surface area contributed by atoms with Gasteiger partial charge in [0.1, 0.15) is 17.9 Å². The van der Waals surface area contributed by atoms with Crippen molar-refractivity contribution in [1.82, 2.24) is 9.88 Å². The van der Waals surface area contributed by atoms with E-state index in [-0.39, 0.29) is 0 Å². The van der Waals surface area contributed by atoms with Gasteiger partial charge in [-0.2, -0.15) is 0 Å². The molecule has 0 aliphatic carbocycles. The third-order valence-electron chi connectivity index (χ3n) is 4.35. The molecule has 25 heavy (non-hydrogen) atoms. The maximum Gasteiger partial charge on any atom is 0.225 e. The van der Waals surface area contributed by atoms with Gasteiger partial charge in [0.2, 0.25) is 5.89 Å². The molecule has 4 rings (SSSR count). The quantitative estimate of drug-likeness (QED) is 0.699. The molecule has 0 amide bonds. The molecule has 3 aromatic rings. The molecular formula is C19H17F2N3O. The van der Waals surface area contributed by atoms with Crippen LogP contribution in [0.5, 0.6) is 0 Å². The van der Waals surface area contributed by atoms with E-state index in [9.17, 15) is 8.78 Å². The first-order valence-corrected chi connectivity index (χ1v) is 8.05. The summed E-state index contributed by atoms with van der Waals surface area (Å²) in [5.74, 6) is -0.603. The van der Waals surface area contributed by atoms with Crippen molar-refractivity contribution in [3.8, 4) is 11.5 Å². The number of benzene rings is 2. The van der Waals surface area contributed by atoms with Crippen molar-refractivity contribution in [2.24, 2.45) is 0 Å². The molecule has 128 valence electrons. The van der Waals surface area contributed by atoms with Crippen LogP contribution in [0.25, 0.3) is 11.5 Å². The summed E-state index contributed by atoms with van der Waals surface area (Å²) in [5.41, 5.74) is 3.38. The van der Waals surface area contributed by atoms with Gasteiger partial charge in [-0.05, 0) is 42.9 Å². The zero-order valence-corrected chi connectivity index (χ0v) is 13.7. The van der Waals surface area contributed by atoms with E-state index in [0.29, 0.717) is 18.1 Å². The van der Waals surface area contributed by atoms with E-state index in [4.69, 9.17) is 4.42 Å². The lowest BCUT2D eigenvalue weighted by atomic mass is 10.1. The van der Waals surface area contributed by atoms with Gasteiger partial charge in [-0.1, -0.05) is 0 Å². The summed E-state index contributed by atoms with van der Waals surface area (Å²) in [6.07, 6.45) is 3.14. The molecule has 0 bridgehead atoms. The third kappa shape index (κ3) is 3.13. The molecule has 0 N–H and O–H groups in total. The largest absolute Gasteiger partial charge is 0.445 e. The van der Waals surface area contributed by atoms with E-state index >= 15 is 0 Å². The van der Waals surface area contributed by atoms with E-state index in [1.807, 2.05) is 30.1 Å². The van der Waals surface area contributed by atoms with Crippen molar-refractivity contribution < 1.29 is 13.2 Å². The van der Waals surface area contributed by atoms with Crippen LogP contribution in [0.15, 0.2) is 53.3 Å². The van der Waals surface area contributed by atoms with Crippen molar-refractivity contribution in [1.29, 1.82) is 0 Å². The third-order valence-corrected chi connectivity index (χ3v) is 4.35. The predicted octanol–water partition coefficient (Wildman–Crippen LogP) is 4.20. The zero-order valence-electron chi connectivity index (χ0n) is 13.7. The van der Waals surface area contributed by atoms with E-state index in [1.165, 1.54) is 18.4 Å². The molecule has 2 aromatic carbocycles. The van der Waals surface area contributed by atoms with Gasteiger partial charge in [-0.3, -0.25) is 0 Å². The Kier molecular flexibility index (Phi) is 3.97. The van der Waals surface area contributed by atoms with Gasteiger partial charge in [0.15, 0.2) is 0 Å². The molecule has 0 fully saturated rings. The van der Waals surface area contributed by atoms with Crippen LogP contribution in [0, 0.1) is 11.6 Å².